The van der Waals surface area contributed by atoms with Crippen LogP contribution in [0.3, 0.4) is 0 Å². The summed E-state index contributed by atoms with van der Waals surface area (Å²) in [6, 6.07) is 8.06. The Morgan fingerprint density at radius 1 is 1.30 bits per heavy atom. The lowest BCUT2D eigenvalue weighted by molar-refractivity contribution is -0.00272. The number of benzene rings is 1. The number of methoxy groups -OCH3 is 1. The number of nitrogens with zero attached hydrogens (tertiary/aromatic N) is 2. The van der Waals surface area contributed by atoms with Gasteiger partial charge in [0.05, 0.1) is 18.9 Å². The van der Waals surface area contributed by atoms with Crippen LogP contribution in [0.5, 0.6) is 5.75 Å². The molecule has 0 saturated carbocycles. The van der Waals surface area contributed by atoms with Crippen LogP contribution in [-0.4, -0.2) is 43.3 Å². The Kier molecular flexibility index (Phi) is 5.65. The fourth-order valence-electron chi connectivity index (χ4n) is 2.89. The average Bonchev–Trinajstić information content (AvgIpc) is 3.04. The number of aromatic nitrogens is 1. The Morgan fingerprint density at radius 2 is 2.13 bits per heavy atom. The summed E-state index contributed by atoms with van der Waals surface area (Å²) >= 11 is 1.69. The normalized spacial score (nSPS) is 18.3. The van der Waals surface area contributed by atoms with E-state index in [4.69, 9.17) is 14.5 Å². The zero-order valence-electron chi connectivity index (χ0n) is 13.8. The molecular weight excluding hydrogens is 308 g/mol. The van der Waals surface area contributed by atoms with Crippen LogP contribution < -0.4 is 4.74 Å². The van der Waals surface area contributed by atoms with E-state index in [0.29, 0.717) is 6.10 Å². The van der Waals surface area contributed by atoms with Crippen LogP contribution in [0.2, 0.25) is 0 Å². The molecule has 0 radical (unpaired) electrons. The molecule has 2 aromatic rings. The molecule has 5 heteroatoms. The van der Waals surface area contributed by atoms with E-state index in [9.17, 15) is 0 Å². The van der Waals surface area contributed by atoms with Crippen molar-refractivity contribution >= 4 is 11.3 Å². The highest BCUT2D eigenvalue weighted by atomic mass is 32.1. The molecule has 0 N–H and O–H groups in total. The third-order valence-electron chi connectivity index (χ3n) is 4.11. The summed E-state index contributed by atoms with van der Waals surface area (Å²) in [5, 5.41) is 3.21. The van der Waals surface area contributed by atoms with E-state index in [1.807, 2.05) is 12.1 Å². The van der Waals surface area contributed by atoms with E-state index >= 15 is 0 Å². The van der Waals surface area contributed by atoms with Crippen LogP contribution in [0.15, 0.2) is 29.6 Å². The monoisotopic (exact) mass is 332 g/mol. The fraction of sp³-hybridized carbons (Fsp3) is 0.500. The summed E-state index contributed by atoms with van der Waals surface area (Å²) < 4.78 is 11.0. The molecule has 23 heavy (non-hydrogen) atoms. The maximum Gasteiger partial charge on any atom is 0.123 e. The van der Waals surface area contributed by atoms with Crippen LogP contribution in [0.4, 0.5) is 0 Å². The topological polar surface area (TPSA) is 34.6 Å². The fourth-order valence-corrected chi connectivity index (χ4v) is 3.70. The summed E-state index contributed by atoms with van der Waals surface area (Å²) in [6.07, 6.45) is 4.06. The minimum Gasteiger partial charge on any atom is -0.497 e. The average molecular weight is 332 g/mol. The molecular formula is C18H24N2O2S. The van der Waals surface area contributed by atoms with Crippen LogP contribution in [-0.2, 0) is 11.3 Å². The maximum atomic E-state index is 5.81. The Balaban J connectivity index is 1.57. The van der Waals surface area contributed by atoms with Crippen LogP contribution in [0, 0.1) is 0 Å². The van der Waals surface area contributed by atoms with Crippen molar-refractivity contribution in [2.75, 3.05) is 27.3 Å². The predicted octanol–water partition coefficient (Wildman–Crippen LogP) is 3.82. The third-order valence-corrected chi connectivity index (χ3v) is 5.05. The minimum atomic E-state index is 0.383. The zero-order valence-corrected chi connectivity index (χ0v) is 14.6. The molecule has 124 valence electrons. The van der Waals surface area contributed by atoms with Crippen molar-refractivity contribution in [3.05, 3.63) is 35.3 Å². The number of hydrogen-bond donors (Lipinski definition) is 0. The molecule has 1 unspecified atom stereocenters. The van der Waals surface area contributed by atoms with Crippen molar-refractivity contribution in [3.8, 4) is 16.3 Å². The lowest BCUT2D eigenvalue weighted by Crippen LogP contribution is -2.33. The molecule has 1 atom stereocenters. The number of hydrogen-bond acceptors (Lipinski definition) is 5. The van der Waals surface area contributed by atoms with E-state index in [0.717, 1.165) is 41.7 Å². The van der Waals surface area contributed by atoms with Gasteiger partial charge >= 0.3 is 0 Å². The Bertz CT molecular complexity index is 606. The largest absolute Gasteiger partial charge is 0.497 e. The van der Waals surface area contributed by atoms with E-state index in [-0.39, 0.29) is 0 Å². The second-order valence-electron chi connectivity index (χ2n) is 6.06. The highest BCUT2D eigenvalue weighted by Crippen LogP contribution is 2.26. The van der Waals surface area contributed by atoms with Crippen molar-refractivity contribution in [2.24, 2.45) is 0 Å². The highest BCUT2D eigenvalue weighted by Gasteiger charge is 2.16. The van der Waals surface area contributed by atoms with Gasteiger partial charge in [0.2, 0.25) is 0 Å². The lowest BCUT2D eigenvalue weighted by atomic mass is 10.1. The van der Waals surface area contributed by atoms with Crippen molar-refractivity contribution in [1.29, 1.82) is 0 Å². The van der Waals surface area contributed by atoms with Crippen LogP contribution in [0.1, 0.15) is 25.0 Å². The molecule has 1 saturated heterocycles. The first-order chi connectivity index (χ1) is 11.2. The molecule has 0 bridgehead atoms. The van der Waals surface area contributed by atoms with Gasteiger partial charge in [0.25, 0.3) is 0 Å². The lowest BCUT2D eigenvalue weighted by Gasteiger charge is -2.26. The summed E-state index contributed by atoms with van der Waals surface area (Å²) in [6.45, 7) is 2.76. The quantitative estimate of drug-likeness (QED) is 0.805. The van der Waals surface area contributed by atoms with E-state index < -0.39 is 0 Å². The van der Waals surface area contributed by atoms with Gasteiger partial charge in [0.15, 0.2) is 0 Å². The van der Waals surface area contributed by atoms with Gasteiger partial charge in [0, 0.05) is 30.6 Å². The number of ether oxygens (including phenoxy) is 2. The first-order valence-corrected chi connectivity index (χ1v) is 9.01. The van der Waals surface area contributed by atoms with Crippen molar-refractivity contribution < 1.29 is 9.47 Å². The number of thiazole rings is 1. The van der Waals surface area contributed by atoms with Gasteiger partial charge < -0.3 is 9.47 Å². The van der Waals surface area contributed by atoms with Crippen LogP contribution in [0.25, 0.3) is 10.6 Å². The van der Waals surface area contributed by atoms with Gasteiger partial charge in [-0.1, -0.05) is 0 Å². The SMILES string of the molecule is COc1ccc(-c2nc(CN(C)CC3CCCCO3)cs2)cc1. The smallest absolute Gasteiger partial charge is 0.123 e. The standard InChI is InChI=1S/C18H24N2O2S/c1-20(12-17-5-3-4-10-22-17)11-15-13-23-18(19-15)14-6-8-16(21-2)9-7-14/h6-9,13,17H,3-5,10-12H2,1-2H3. The first-order valence-electron chi connectivity index (χ1n) is 8.13. The molecule has 0 aliphatic carbocycles. The maximum absolute atomic E-state index is 5.81. The Labute approximate surface area is 142 Å². The number of likely N-dealkylation sites (N-methyl/N-ethyl adjacent to an activating group) is 1. The summed E-state index contributed by atoms with van der Waals surface area (Å²) in [7, 11) is 3.83. The van der Waals surface area contributed by atoms with Gasteiger partial charge in [-0.25, -0.2) is 4.98 Å². The van der Waals surface area contributed by atoms with Gasteiger partial charge in [-0.15, -0.1) is 11.3 Å². The zero-order chi connectivity index (χ0) is 16.1. The summed E-state index contributed by atoms with van der Waals surface area (Å²) in [5.41, 5.74) is 2.26. The Hall–Kier alpha value is -1.43. The molecule has 2 heterocycles. The van der Waals surface area contributed by atoms with Gasteiger partial charge in [-0.05, 0) is 50.6 Å². The van der Waals surface area contributed by atoms with E-state index in [1.54, 1.807) is 18.4 Å². The molecule has 1 aliphatic heterocycles. The summed E-state index contributed by atoms with van der Waals surface area (Å²) in [5.74, 6) is 0.873. The van der Waals surface area contributed by atoms with Crippen molar-refractivity contribution in [2.45, 2.75) is 31.9 Å². The van der Waals surface area contributed by atoms with Crippen molar-refractivity contribution in [3.63, 3.8) is 0 Å². The minimum absolute atomic E-state index is 0.383. The van der Waals surface area contributed by atoms with E-state index in [1.165, 1.54) is 19.3 Å². The number of rotatable bonds is 6. The molecule has 0 spiro atoms. The van der Waals surface area contributed by atoms with Gasteiger partial charge in [-0.3, -0.25) is 4.90 Å². The molecule has 4 nitrogen and oxygen atoms in total. The molecule has 1 aromatic carbocycles. The molecule has 1 aliphatic rings. The Morgan fingerprint density at radius 3 is 2.83 bits per heavy atom. The van der Waals surface area contributed by atoms with Gasteiger partial charge in [0.1, 0.15) is 10.8 Å². The molecule has 0 amide bonds. The van der Waals surface area contributed by atoms with Crippen LogP contribution >= 0.6 is 11.3 Å². The van der Waals surface area contributed by atoms with Crippen molar-refractivity contribution in [1.82, 2.24) is 9.88 Å². The highest BCUT2D eigenvalue weighted by molar-refractivity contribution is 7.13. The first kappa shape index (κ1) is 16.4. The molecule has 3 rings (SSSR count). The second-order valence-corrected chi connectivity index (χ2v) is 6.92. The molecule has 1 fully saturated rings. The third kappa shape index (κ3) is 4.53. The molecule has 1 aromatic heterocycles. The van der Waals surface area contributed by atoms with E-state index in [2.05, 4.69) is 29.5 Å². The van der Waals surface area contributed by atoms with Gasteiger partial charge in [-0.2, -0.15) is 0 Å². The second kappa shape index (κ2) is 7.90. The summed E-state index contributed by atoms with van der Waals surface area (Å²) in [4.78, 5) is 7.07. The predicted molar refractivity (Wildman–Crippen MR) is 94.0 cm³/mol.